The quantitative estimate of drug-likeness (QED) is 0.597. The largest absolute Gasteiger partial charge is 0.497 e. The van der Waals surface area contributed by atoms with Crippen LogP contribution in [0.2, 0.25) is 5.02 Å². The van der Waals surface area contributed by atoms with E-state index in [0.29, 0.717) is 6.54 Å². The van der Waals surface area contributed by atoms with E-state index in [1.807, 2.05) is 43.3 Å². The standard InChI is InChI=1S/C22H23ClFN3O3/c1-13-19(21(26-30-13)20-16(23)6-5-7-17(20)24)22(28)25-12-18(27(2)3)14-8-10-15(29-4)11-9-14/h5-11,18H,12H2,1-4H3,(H,25,28)/t18-/m1/s1. The van der Waals surface area contributed by atoms with Crippen LogP contribution in [-0.2, 0) is 0 Å². The second-order valence-electron chi connectivity index (χ2n) is 7.02. The predicted molar refractivity (Wildman–Crippen MR) is 113 cm³/mol. The molecule has 0 radical (unpaired) electrons. The maximum atomic E-state index is 14.4. The molecular formula is C22H23ClFN3O3. The van der Waals surface area contributed by atoms with Gasteiger partial charge in [-0.3, -0.25) is 4.79 Å². The van der Waals surface area contributed by atoms with Crippen molar-refractivity contribution in [3.63, 3.8) is 0 Å². The van der Waals surface area contributed by atoms with Crippen LogP contribution in [0.15, 0.2) is 47.0 Å². The Morgan fingerprint density at radius 1 is 1.27 bits per heavy atom. The zero-order chi connectivity index (χ0) is 21.8. The normalized spacial score (nSPS) is 12.1. The molecule has 6 nitrogen and oxygen atoms in total. The topological polar surface area (TPSA) is 67.6 Å². The van der Waals surface area contributed by atoms with Crippen molar-refractivity contribution in [1.29, 1.82) is 0 Å². The van der Waals surface area contributed by atoms with Gasteiger partial charge in [0.25, 0.3) is 5.91 Å². The molecule has 8 heteroatoms. The van der Waals surface area contributed by atoms with Crippen LogP contribution in [-0.4, -0.2) is 43.7 Å². The molecule has 3 aromatic rings. The molecule has 0 saturated heterocycles. The number of likely N-dealkylation sites (N-methyl/N-ethyl adjacent to an activating group) is 1. The van der Waals surface area contributed by atoms with Gasteiger partial charge < -0.3 is 19.5 Å². The Morgan fingerprint density at radius 2 is 1.97 bits per heavy atom. The Balaban J connectivity index is 1.84. The van der Waals surface area contributed by atoms with Crippen LogP contribution in [0.5, 0.6) is 5.75 Å². The number of nitrogens with zero attached hydrogens (tertiary/aromatic N) is 2. The van der Waals surface area contributed by atoms with Gasteiger partial charge in [0.05, 0.1) is 23.7 Å². The fourth-order valence-electron chi connectivity index (χ4n) is 3.24. The van der Waals surface area contributed by atoms with Gasteiger partial charge in [-0.25, -0.2) is 4.39 Å². The number of methoxy groups -OCH3 is 1. The van der Waals surface area contributed by atoms with E-state index < -0.39 is 11.7 Å². The van der Waals surface area contributed by atoms with Gasteiger partial charge in [-0.05, 0) is 50.8 Å². The van der Waals surface area contributed by atoms with E-state index >= 15 is 0 Å². The summed E-state index contributed by atoms with van der Waals surface area (Å²) in [5.41, 5.74) is 1.30. The summed E-state index contributed by atoms with van der Waals surface area (Å²) in [5.74, 6) is 0.0529. The molecule has 30 heavy (non-hydrogen) atoms. The van der Waals surface area contributed by atoms with Crippen molar-refractivity contribution >= 4 is 17.5 Å². The molecule has 0 aliphatic heterocycles. The van der Waals surface area contributed by atoms with Crippen molar-refractivity contribution in [2.75, 3.05) is 27.7 Å². The van der Waals surface area contributed by atoms with E-state index in [2.05, 4.69) is 10.5 Å². The lowest BCUT2D eigenvalue weighted by Gasteiger charge is -2.25. The monoisotopic (exact) mass is 431 g/mol. The highest BCUT2D eigenvalue weighted by Gasteiger charge is 2.26. The number of nitrogens with one attached hydrogen (secondary N) is 1. The molecule has 0 saturated carbocycles. The van der Waals surface area contributed by atoms with Crippen molar-refractivity contribution in [3.05, 3.63) is 70.2 Å². The van der Waals surface area contributed by atoms with Crippen LogP contribution in [0.3, 0.4) is 0 Å². The first kappa shape index (κ1) is 21.8. The first-order valence-electron chi connectivity index (χ1n) is 9.32. The molecule has 0 spiro atoms. The summed E-state index contributed by atoms with van der Waals surface area (Å²) in [6, 6.07) is 11.9. The molecule has 0 fully saturated rings. The molecule has 0 unspecified atom stereocenters. The second kappa shape index (κ2) is 9.28. The minimum Gasteiger partial charge on any atom is -0.497 e. The molecule has 0 aliphatic rings. The van der Waals surface area contributed by atoms with Crippen molar-refractivity contribution < 1.29 is 18.4 Å². The summed E-state index contributed by atoms with van der Waals surface area (Å²) in [5, 5.41) is 6.94. The minimum atomic E-state index is -0.575. The number of hydrogen-bond acceptors (Lipinski definition) is 5. The van der Waals surface area contributed by atoms with Crippen molar-refractivity contribution in [1.82, 2.24) is 15.4 Å². The fraction of sp³-hybridized carbons (Fsp3) is 0.273. The third-order valence-corrected chi connectivity index (χ3v) is 5.18. The van der Waals surface area contributed by atoms with Crippen molar-refractivity contribution in [2.45, 2.75) is 13.0 Å². The molecular weight excluding hydrogens is 409 g/mol. The van der Waals surface area contributed by atoms with Crippen LogP contribution in [0, 0.1) is 12.7 Å². The number of hydrogen-bond donors (Lipinski definition) is 1. The summed E-state index contributed by atoms with van der Waals surface area (Å²) >= 11 is 6.15. The molecule has 158 valence electrons. The van der Waals surface area contributed by atoms with Gasteiger partial charge in [-0.1, -0.05) is 35.0 Å². The number of aromatic nitrogens is 1. The van der Waals surface area contributed by atoms with E-state index in [0.717, 1.165) is 11.3 Å². The van der Waals surface area contributed by atoms with Crippen LogP contribution in [0.1, 0.15) is 27.7 Å². The second-order valence-corrected chi connectivity index (χ2v) is 7.43. The van der Waals surface area contributed by atoms with E-state index in [1.54, 1.807) is 14.0 Å². The maximum Gasteiger partial charge on any atom is 0.257 e. The molecule has 1 amide bonds. The third kappa shape index (κ3) is 4.47. The average Bonchev–Trinajstić information content (AvgIpc) is 3.09. The molecule has 0 bridgehead atoms. The summed E-state index contributed by atoms with van der Waals surface area (Å²) in [6.07, 6.45) is 0. The lowest BCUT2D eigenvalue weighted by Crippen LogP contribution is -2.34. The van der Waals surface area contributed by atoms with Gasteiger partial charge >= 0.3 is 0 Å². The number of ether oxygens (including phenoxy) is 1. The first-order valence-corrected chi connectivity index (χ1v) is 9.70. The van der Waals surface area contributed by atoms with E-state index in [9.17, 15) is 9.18 Å². The highest BCUT2D eigenvalue weighted by atomic mass is 35.5. The summed E-state index contributed by atoms with van der Waals surface area (Å²) in [7, 11) is 5.46. The highest BCUT2D eigenvalue weighted by molar-refractivity contribution is 6.33. The number of benzene rings is 2. The van der Waals surface area contributed by atoms with Crippen LogP contribution >= 0.6 is 11.6 Å². The fourth-order valence-corrected chi connectivity index (χ4v) is 3.49. The summed E-state index contributed by atoms with van der Waals surface area (Å²) in [6.45, 7) is 1.93. The van der Waals surface area contributed by atoms with E-state index in [-0.39, 0.29) is 33.6 Å². The van der Waals surface area contributed by atoms with Gasteiger partial charge in [-0.15, -0.1) is 0 Å². The maximum absolute atomic E-state index is 14.4. The summed E-state index contributed by atoms with van der Waals surface area (Å²) in [4.78, 5) is 15.0. The van der Waals surface area contributed by atoms with Crippen molar-refractivity contribution in [2.24, 2.45) is 0 Å². The lowest BCUT2D eigenvalue weighted by atomic mass is 10.0. The van der Waals surface area contributed by atoms with Gasteiger partial charge in [0.1, 0.15) is 28.6 Å². The number of amides is 1. The third-order valence-electron chi connectivity index (χ3n) is 4.87. The van der Waals surface area contributed by atoms with Crippen LogP contribution in [0.4, 0.5) is 4.39 Å². The molecule has 3 rings (SSSR count). The minimum absolute atomic E-state index is 0.0421. The highest BCUT2D eigenvalue weighted by Crippen LogP contribution is 2.33. The average molecular weight is 432 g/mol. The first-order chi connectivity index (χ1) is 14.3. The molecule has 1 N–H and O–H groups in total. The van der Waals surface area contributed by atoms with E-state index in [1.165, 1.54) is 18.2 Å². The smallest absolute Gasteiger partial charge is 0.257 e. The Kier molecular flexibility index (Phi) is 6.74. The van der Waals surface area contributed by atoms with Gasteiger partial charge in [-0.2, -0.15) is 0 Å². The Hall–Kier alpha value is -2.90. The van der Waals surface area contributed by atoms with Crippen LogP contribution < -0.4 is 10.1 Å². The molecule has 0 aliphatic carbocycles. The number of rotatable bonds is 7. The Labute approximate surface area is 179 Å². The Morgan fingerprint density at radius 3 is 2.57 bits per heavy atom. The zero-order valence-corrected chi connectivity index (χ0v) is 18.0. The van der Waals surface area contributed by atoms with Gasteiger partial charge in [0.2, 0.25) is 0 Å². The number of halogens is 2. The zero-order valence-electron chi connectivity index (χ0n) is 17.2. The van der Waals surface area contributed by atoms with Crippen molar-refractivity contribution in [3.8, 4) is 17.0 Å². The number of aryl methyl sites for hydroxylation is 1. The number of carbonyl (C=O) groups excluding carboxylic acids is 1. The molecule has 1 aromatic heterocycles. The van der Waals surface area contributed by atoms with Gasteiger partial charge in [0, 0.05) is 6.54 Å². The lowest BCUT2D eigenvalue weighted by molar-refractivity contribution is 0.0941. The molecule has 1 heterocycles. The van der Waals surface area contributed by atoms with Crippen LogP contribution in [0.25, 0.3) is 11.3 Å². The predicted octanol–water partition coefficient (Wildman–Crippen LogP) is 4.48. The van der Waals surface area contributed by atoms with E-state index in [4.69, 9.17) is 20.9 Å². The Bertz CT molecular complexity index is 1010. The van der Waals surface area contributed by atoms with Gasteiger partial charge in [0.15, 0.2) is 0 Å². The SMILES string of the molecule is COc1ccc([C@@H](CNC(=O)c2c(-c3c(F)cccc3Cl)noc2C)N(C)C)cc1. The number of carbonyl (C=O) groups is 1. The molecule has 1 atom stereocenters. The summed E-state index contributed by atoms with van der Waals surface area (Å²) < 4.78 is 24.8. The molecule has 2 aromatic carbocycles.